The van der Waals surface area contributed by atoms with Gasteiger partial charge in [0.25, 0.3) is 0 Å². The number of ether oxygens (including phenoxy) is 2. The quantitative estimate of drug-likeness (QED) is 0.865. The van der Waals surface area contributed by atoms with E-state index in [1.807, 2.05) is 0 Å². The van der Waals surface area contributed by atoms with E-state index in [0.29, 0.717) is 10.0 Å². The molecule has 78 valence electrons. The van der Waals surface area contributed by atoms with Gasteiger partial charge in [-0.1, -0.05) is 17.7 Å². The third kappa shape index (κ3) is 2.20. The summed E-state index contributed by atoms with van der Waals surface area (Å²) in [5, 5.41) is 9.77. The van der Waals surface area contributed by atoms with E-state index >= 15 is 0 Å². The topological polar surface area (TPSA) is 38.7 Å². The van der Waals surface area contributed by atoms with Crippen LogP contribution in [0.3, 0.4) is 0 Å². The summed E-state index contributed by atoms with van der Waals surface area (Å²) in [5.41, 5.74) is 0.595. The molecule has 5 heteroatoms. The Labute approximate surface area is 95.7 Å². The lowest BCUT2D eigenvalue weighted by Crippen LogP contribution is -2.04. The van der Waals surface area contributed by atoms with Crippen LogP contribution in [0.1, 0.15) is 11.9 Å². The number of aromatic hydroxyl groups is 1. The van der Waals surface area contributed by atoms with Crippen LogP contribution in [-0.4, -0.2) is 19.3 Å². The van der Waals surface area contributed by atoms with Crippen LogP contribution in [0.25, 0.3) is 0 Å². The lowest BCUT2D eigenvalue weighted by Gasteiger charge is -2.16. The molecular formula is C9H10BrClO3. The number of benzene rings is 1. The van der Waals surface area contributed by atoms with Crippen LogP contribution in [-0.2, 0) is 9.47 Å². The first-order chi connectivity index (χ1) is 6.61. The summed E-state index contributed by atoms with van der Waals surface area (Å²) < 4.78 is 10.6. The Hall–Kier alpha value is -0.290. The van der Waals surface area contributed by atoms with Crippen molar-refractivity contribution in [3.8, 4) is 5.75 Å². The maximum absolute atomic E-state index is 9.54. The lowest BCUT2D eigenvalue weighted by molar-refractivity contribution is -0.106. The fourth-order valence-corrected chi connectivity index (χ4v) is 1.79. The Morgan fingerprint density at radius 2 is 1.93 bits per heavy atom. The minimum absolute atomic E-state index is 0.0109. The second-order valence-corrected chi connectivity index (χ2v) is 3.83. The van der Waals surface area contributed by atoms with Gasteiger partial charge in [-0.25, -0.2) is 0 Å². The van der Waals surface area contributed by atoms with Crippen molar-refractivity contribution < 1.29 is 14.6 Å². The van der Waals surface area contributed by atoms with Gasteiger partial charge in [-0.3, -0.25) is 0 Å². The van der Waals surface area contributed by atoms with Crippen molar-refractivity contribution in [2.45, 2.75) is 6.29 Å². The normalized spacial score (nSPS) is 10.9. The molecule has 14 heavy (non-hydrogen) atoms. The van der Waals surface area contributed by atoms with Crippen molar-refractivity contribution in [1.82, 2.24) is 0 Å². The average Bonchev–Trinajstić information content (AvgIpc) is 2.19. The predicted molar refractivity (Wildman–Crippen MR) is 57.6 cm³/mol. The molecule has 3 nitrogen and oxygen atoms in total. The molecule has 1 aromatic rings. The van der Waals surface area contributed by atoms with E-state index < -0.39 is 6.29 Å². The van der Waals surface area contributed by atoms with Crippen LogP contribution in [0.4, 0.5) is 0 Å². The Kier molecular flexibility index (Phi) is 4.19. The fraction of sp³-hybridized carbons (Fsp3) is 0.333. The zero-order valence-corrected chi connectivity index (χ0v) is 10.1. The van der Waals surface area contributed by atoms with Crippen molar-refractivity contribution in [3.63, 3.8) is 0 Å². The number of phenolic OH excluding ortho intramolecular Hbond substituents is 1. The van der Waals surface area contributed by atoms with E-state index in [2.05, 4.69) is 15.9 Å². The van der Waals surface area contributed by atoms with Gasteiger partial charge in [0, 0.05) is 19.8 Å². The Balaban J connectivity index is 3.16. The Morgan fingerprint density at radius 3 is 2.43 bits per heavy atom. The average molecular weight is 282 g/mol. The van der Waals surface area contributed by atoms with Crippen molar-refractivity contribution >= 4 is 27.5 Å². The molecular weight excluding hydrogens is 271 g/mol. The van der Waals surface area contributed by atoms with Gasteiger partial charge in [0.1, 0.15) is 5.75 Å². The van der Waals surface area contributed by atoms with E-state index in [4.69, 9.17) is 21.1 Å². The number of methoxy groups -OCH3 is 2. The number of phenols is 1. The summed E-state index contributed by atoms with van der Waals surface area (Å²) in [6.07, 6.45) is -0.568. The van der Waals surface area contributed by atoms with Crippen molar-refractivity contribution in [1.29, 1.82) is 0 Å². The highest BCUT2D eigenvalue weighted by molar-refractivity contribution is 9.10. The molecule has 1 N–H and O–H groups in total. The second kappa shape index (κ2) is 4.98. The van der Waals surface area contributed by atoms with E-state index in [-0.39, 0.29) is 10.8 Å². The van der Waals surface area contributed by atoms with Crippen molar-refractivity contribution in [2.75, 3.05) is 14.2 Å². The molecule has 0 aromatic heterocycles. The van der Waals surface area contributed by atoms with Gasteiger partial charge in [0.05, 0.1) is 9.50 Å². The zero-order valence-electron chi connectivity index (χ0n) is 7.75. The summed E-state index contributed by atoms with van der Waals surface area (Å²) >= 11 is 9.07. The first-order valence-electron chi connectivity index (χ1n) is 3.84. The number of halogens is 2. The minimum atomic E-state index is -0.568. The SMILES string of the molecule is COC(OC)c1ccc(Br)c(O)c1Cl. The third-order valence-electron chi connectivity index (χ3n) is 1.78. The van der Waals surface area contributed by atoms with Gasteiger partial charge in [-0.05, 0) is 22.0 Å². The third-order valence-corrected chi connectivity index (χ3v) is 2.82. The molecule has 0 saturated heterocycles. The highest BCUT2D eigenvalue weighted by Gasteiger charge is 2.17. The first kappa shape index (κ1) is 11.8. The molecule has 0 radical (unpaired) electrons. The summed E-state index contributed by atoms with van der Waals surface area (Å²) in [5.74, 6) is -0.0109. The molecule has 0 fully saturated rings. The summed E-state index contributed by atoms with van der Waals surface area (Å²) in [4.78, 5) is 0. The molecule has 0 heterocycles. The summed E-state index contributed by atoms with van der Waals surface area (Å²) in [6.45, 7) is 0. The van der Waals surface area contributed by atoms with Gasteiger partial charge in [-0.2, -0.15) is 0 Å². The molecule has 0 aliphatic carbocycles. The standard InChI is InChI=1S/C9H10BrClO3/c1-13-9(14-2)5-3-4-6(10)8(12)7(5)11/h3-4,9,12H,1-2H3. The molecule has 0 aliphatic rings. The number of hydrogen-bond acceptors (Lipinski definition) is 3. The van der Waals surface area contributed by atoms with Crippen LogP contribution >= 0.6 is 27.5 Å². The van der Waals surface area contributed by atoms with Crippen LogP contribution in [0, 0.1) is 0 Å². The Morgan fingerprint density at radius 1 is 1.36 bits per heavy atom. The van der Waals surface area contributed by atoms with E-state index in [1.54, 1.807) is 12.1 Å². The second-order valence-electron chi connectivity index (χ2n) is 2.60. The van der Waals surface area contributed by atoms with Crippen LogP contribution in [0.2, 0.25) is 5.02 Å². The fourth-order valence-electron chi connectivity index (χ4n) is 1.09. The maximum atomic E-state index is 9.54. The zero-order chi connectivity index (χ0) is 10.7. The highest BCUT2D eigenvalue weighted by atomic mass is 79.9. The molecule has 0 saturated carbocycles. The van der Waals surface area contributed by atoms with Gasteiger partial charge < -0.3 is 14.6 Å². The molecule has 1 aromatic carbocycles. The molecule has 0 spiro atoms. The Bertz CT molecular complexity index is 326. The largest absolute Gasteiger partial charge is 0.505 e. The first-order valence-corrected chi connectivity index (χ1v) is 5.01. The van der Waals surface area contributed by atoms with Gasteiger partial charge in [0.2, 0.25) is 0 Å². The number of rotatable bonds is 3. The monoisotopic (exact) mass is 280 g/mol. The van der Waals surface area contributed by atoms with E-state index in [1.165, 1.54) is 14.2 Å². The van der Waals surface area contributed by atoms with Crippen LogP contribution in [0.5, 0.6) is 5.75 Å². The molecule has 0 amide bonds. The lowest BCUT2D eigenvalue weighted by atomic mass is 10.2. The maximum Gasteiger partial charge on any atom is 0.184 e. The van der Waals surface area contributed by atoms with Crippen LogP contribution in [0.15, 0.2) is 16.6 Å². The summed E-state index contributed by atoms with van der Waals surface area (Å²) in [6, 6.07) is 3.41. The molecule has 0 atom stereocenters. The molecule has 0 aliphatic heterocycles. The highest BCUT2D eigenvalue weighted by Crippen LogP contribution is 2.37. The molecule has 0 unspecified atom stereocenters. The van der Waals surface area contributed by atoms with Gasteiger partial charge in [-0.15, -0.1) is 0 Å². The van der Waals surface area contributed by atoms with E-state index in [9.17, 15) is 5.11 Å². The smallest absolute Gasteiger partial charge is 0.184 e. The minimum Gasteiger partial charge on any atom is -0.505 e. The predicted octanol–water partition coefficient (Wildman–Crippen LogP) is 3.10. The molecule has 0 bridgehead atoms. The van der Waals surface area contributed by atoms with Crippen molar-refractivity contribution in [2.24, 2.45) is 0 Å². The van der Waals surface area contributed by atoms with Crippen molar-refractivity contribution in [3.05, 3.63) is 27.2 Å². The molecule has 1 rings (SSSR count). The van der Waals surface area contributed by atoms with E-state index in [0.717, 1.165) is 0 Å². The number of hydrogen-bond donors (Lipinski definition) is 1. The van der Waals surface area contributed by atoms with Gasteiger partial charge >= 0.3 is 0 Å². The van der Waals surface area contributed by atoms with Gasteiger partial charge in [0.15, 0.2) is 6.29 Å². The van der Waals surface area contributed by atoms with Crippen LogP contribution < -0.4 is 0 Å². The summed E-state index contributed by atoms with van der Waals surface area (Å²) in [7, 11) is 3.01.